The van der Waals surface area contributed by atoms with Gasteiger partial charge < -0.3 is 15.2 Å². The molecule has 0 saturated heterocycles. The first kappa shape index (κ1) is 15.5. The molecule has 0 aliphatic carbocycles. The van der Waals surface area contributed by atoms with Crippen LogP contribution in [0.2, 0.25) is 0 Å². The van der Waals surface area contributed by atoms with Crippen molar-refractivity contribution in [1.82, 2.24) is 5.32 Å². The average Bonchev–Trinajstić information content (AvgIpc) is 2.36. The molecule has 0 atom stereocenters. The van der Waals surface area contributed by atoms with E-state index in [1.807, 2.05) is 31.2 Å². The number of benzene rings is 1. The van der Waals surface area contributed by atoms with Crippen molar-refractivity contribution in [3.8, 4) is 5.75 Å². The average molecular weight is 265 g/mol. The smallest absolute Gasteiger partial charge is 0.303 e. The summed E-state index contributed by atoms with van der Waals surface area (Å²) in [6, 6.07) is 8.01. The minimum Gasteiger partial charge on any atom is -0.492 e. The number of hydrogen-bond donors (Lipinski definition) is 2. The van der Waals surface area contributed by atoms with Crippen molar-refractivity contribution in [1.29, 1.82) is 0 Å². The van der Waals surface area contributed by atoms with Gasteiger partial charge in [-0.3, -0.25) is 4.79 Å². The lowest BCUT2D eigenvalue weighted by Crippen LogP contribution is -2.22. The van der Waals surface area contributed by atoms with Crippen LogP contribution in [0, 0.1) is 6.92 Å². The largest absolute Gasteiger partial charge is 0.492 e. The lowest BCUT2D eigenvalue weighted by atomic mass is 10.2. The first-order valence-corrected chi connectivity index (χ1v) is 6.80. The monoisotopic (exact) mass is 265 g/mol. The molecule has 1 aromatic carbocycles. The maximum absolute atomic E-state index is 10.3. The van der Waals surface area contributed by atoms with Crippen LogP contribution in [0.25, 0.3) is 0 Å². The van der Waals surface area contributed by atoms with Crippen LogP contribution in [0.15, 0.2) is 24.3 Å². The second kappa shape index (κ2) is 9.39. The standard InChI is InChI=1S/C15H23NO3/c1-13-6-5-7-14(12-13)19-11-10-16-9-4-2-3-8-15(17)18/h5-7,12,16H,2-4,8-11H2,1H3,(H,17,18). The molecular weight excluding hydrogens is 242 g/mol. The Kier molecular flexibility index (Phi) is 7.66. The topological polar surface area (TPSA) is 58.6 Å². The van der Waals surface area contributed by atoms with E-state index in [0.717, 1.165) is 38.1 Å². The molecule has 0 aliphatic rings. The van der Waals surface area contributed by atoms with Crippen LogP contribution in [0.4, 0.5) is 0 Å². The number of carboxylic acids is 1. The van der Waals surface area contributed by atoms with Crippen molar-refractivity contribution in [2.75, 3.05) is 19.7 Å². The van der Waals surface area contributed by atoms with Gasteiger partial charge in [0.2, 0.25) is 0 Å². The van der Waals surface area contributed by atoms with Gasteiger partial charge in [-0.1, -0.05) is 18.6 Å². The SMILES string of the molecule is Cc1cccc(OCCNCCCCCC(=O)O)c1. The lowest BCUT2D eigenvalue weighted by Gasteiger charge is -2.08. The molecule has 1 rings (SSSR count). The predicted molar refractivity (Wildman–Crippen MR) is 75.6 cm³/mol. The van der Waals surface area contributed by atoms with Crippen molar-refractivity contribution in [3.63, 3.8) is 0 Å². The van der Waals surface area contributed by atoms with E-state index < -0.39 is 5.97 Å². The maximum Gasteiger partial charge on any atom is 0.303 e. The van der Waals surface area contributed by atoms with E-state index in [1.54, 1.807) is 0 Å². The fraction of sp³-hybridized carbons (Fsp3) is 0.533. The first-order valence-electron chi connectivity index (χ1n) is 6.80. The molecule has 0 saturated carbocycles. The summed E-state index contributed by atoms with van der Waals surface area (Å²) in [4.78, 5) is 10.3. The van der Waals surface area contributed by atoms with E-state index in [0.29, 0.717) is 6.61 Å². The minimum absolute atomic E-state index is 0.274. The molecule has 0 heterocycles. The molecule has 106 valence electrons. The van der Waals surface area contributed by atoms with E-state index in [9.17, 15) is 4.79 Å². The summed E-state index contributed by atoms with van der Waals surface area (Å²) in [5.41, 5.74) is 1.20. The zero-order valence-electron chi connectivity index (χ0n) is 11.5. The van der Waals surface area contributed by atoms with E-state index in [2.05, 4.69) is 5.32 Å². The van der Waals surface area contributed by atoms with E-state index >= 15 is 0 Å². The third-order valence-corrected chi connectivity index (χ3v) is 2.78. The van der Waals surface area contributed by atoms with Gasteiger partial charge >= 0.3 is 5.97 Å². The Balaban J connectivity index is 1.93. The van der Waals surface area contributed by atoms with Crippen molar-refractivity contribution in [2.45, 2.75) is 32.6 Å². The van der Waals surface area contributed by atoms with Gasteiger partial charge in [0.15, 0.2) is 0 Å². The van der Waals surface area contributed by atoms with E-state index in [-0.39, 0.29) is 6.42 Å². The zero-order valence-corrected chi connectivity index (χ0v) is 11.5. The van der Waals surface area contributed by atoms with Crippen LogP contribution >= 0.6 is 0 Å². The number of aryl methyl sites for hydroxylation is 1. The highest BCUT2D eigenvalue weighted by atomic mass is 16.5. The molecular formula is C15H23NO3. The summed E-state index contributed by atoms with van der Waals surface area (Å²) in [5.74, 6) is 0.197. The van der Waals surface area contributed by atoms with Crippen molar-refractivity contribution >= 4 is 5.97 Å². The number of carboxylic acid groups (broad SMARTS) is 1. The number of unbranched alkanes of at least 4 members (excludes halogenated alkanes) is 2. The molecule has 2 N–H and O–H groups in total. The van der Waals surface area contributed by atoms with Gasteiger partial charge in [-0.15, -0.1) is 0 Å². The molecule has 0 bridgehead atoms. The van der Waals surface area contributed by atoms with Crippen LogP contribution in [0.5, 0.6) is 5.75 Å². The first-order chi connectivity index (χ1) is 9.18. The zero-order chi connectivity index (χ0) is 13.9. The number of ether oxygens (including phenoxy) is 1. The van der Waals surface area contributed by atoms with Crippen LogP contribution in [-0.4, -0.2) is 30.8 Å². The molecule has 4 heteroatoms. The molecule has 0 radical (unpaired) electrons. The summed E-state index contributed by atoms with van der Waals surface area (Å²) in [6.45, 7) is 4.42. The molecule has 0 spiro atoms. The molecule has 0 aliphatic heterocycles. The normalized spacial score (nSPS) is 10.4. The summed E-state index contributed by atoms with van der Waals surface area (Å²) < 4.78 is 5.61. The second-order valence-corrected chi connectivity index (χ2v) is 4.62. The van der Waals surface area contributed by atoms with Crippen LogP contribution in [0.1, 0.15) is 31.2 Å². The van der Waals surface area contributed by atoms with E-state index in [1.165, 1.54) is 5.56 Å². The Morgan fingerprint density at radius 1 is 1.26 bits per heavy atom. The predicted octanol–water partition coefficient (Wildman–Crippen LogP) is 2.61. The summed E-state index contributed by atoms with van der Waals surface area (Å²) in [6.07, 6.45) is 3.00. The van der Waals surface area contributed by atoms with Gasteiger partial charge in [-0.2, -0.15) is 0 Å². The second-order valence-electron chi connectivity index (χ2n) is 4.62. The Labute approximate surface area is 114 Å². The van der Waals surface area contributed by atoms with Crippen molar-refractivity contribution in [3.05, 3.63) is 29.8 Å². The van der Waals surface area contributed by atoms with Crippen molar-refractivity contribution < 1.29 is 14.6 Å². The molecule has 0 unspecified atom stereocenters. The lowest BCUT2D eigenvalue weighted by molar-refractivity contribution is -0.137. The molecule has 1 aromatic rings. The van der Waals surface area contributed by atoms with Crippen LogP contribution < -0.4 is 10.1 Å². The Hall–Kier alpha value is -1.55. The summed E-state index contributed by atoms with van der Waals surface area (Å²) >= 11 is 0. The number of nitrogens with one attached hydrogen (secondary N) is 1. The van der Waals surface area contributed by atoms with E-state index in [4.69, 9.17) is 9.84 Å². The maximum atomic E-state index is 10.3. The number of rotatable bonds is 10. The Morgan fingerprint density at radius 2 is 2.11 bits per heavy atom. The molecule has 19 heavy (non-hydrogen) atoms. The number of hydrogen-bond acceptors (Lipinski definition) is 3. The summed E-state index contributed by atoms with van der Waals surface area (Å²) in [5, 5.41) is 11.8. The minimum atomic E-state index is -0.709. The molecule has 4 nitrogen and oxygen atoms in total. The number of carbonyl (C=O) groups is 1. The van der Waals surface area contributed by atoms with Gasteiger partial charge in [0.05, 0.1) is 0 Å². The van der Waals surface area contributed by atoms with Crippen molar-refractivity contribution in [2.24, 2.45) is 0 Å². The van der Waals surface area contributed by atoms with Crippen LogP contribution in [-0.2, 0) is 4.79 Å². The fourth-order valence-electron chi connectivity index (χ4n) is 1.77. The highest BCUT2D eigenvalue weighted by Crippen LogP contribution is 2.11. The van der Waals surface area contributed by atoms with Gasteiger partial charge in [-0.05, 0) is 44.0 Å². The summed E-state index contributed by atoms with van der Waals surface area (Å²) in [7, 11) is 0. The third kappa shape index (κ3) is 8.21. The Bertz CT molecular complexity index is 379. The molecule has 0 amide bonds. The highest BCUT2D eigenvalue weighted by molar-refractivity contribution is 5.66. The molecule has 0 fully saturated rings. The molecule has 0 aromatic heterocycles. The van der Waals surface area contributed by atoms with Gasteiger partial charge in [-0.25, -0.2) is 0 Å². The quantitative estimate of drug-likeness (QED) is 0.638. The van der Waals surface area contributed by atoms with Crippen LogP contribution in [0.3, 0.4) is 0 Å². The fourth-order valence-corrected chi connectivity index (χ4v) is 1.77. The van der Waals surface area contributed by atoms with Gasteiger partial charge in [0.1, 0.15) is 12.4 Å². The van der Waals surface area contributed by atoms with Gasteiger partial charge in [0.25, 0.3) is 0 Å². The number of aliphatic carboxylic acids is 1. The third-order valence-electron chi connectivity index (χ3n) is 2.78. The van der Waals surface area contributed by atoms with Gasteiger partial charge in [0, 0.05) is 13.0 Å². The highest BCUT2D eigenvalue weighted by Gasteiger charge is 1.96. The Morgan fingerprint density at radius 3 is 2.84 bits per heavy atom.